The van der Waals surface area contributed by atoms with Crippen LogP contribution in [0.2, 0.25) is 10.3 Å². The molecular formula is C18H11Cl2N3O2. The van der Waals surface area contributed by atoms with Crippen LogP contribution in [0.25, 0.3) is 0 Å². The van der Waals surface area contributed by atoms with E-state index >= 15 is 0 Å². The Bertz CT molecular complexity index is 902. The molecule has 0 atom stereocenters. The van der Waals surface area contributed by atoms with Crippen LogP contribution in [0.15, 0.2) is 48.5 Å². The minimum Gasteiger partial charge on any atom is -0.439 e. The van der Waals surface area contributed by atoms with Crippen LogP contribution in [0, 0.1) is 18.3 Å². The van der Waals surface area contributed by atoms with Crippen molar-refractivity contribution in [2.45, 2.75) is 6.92 Å². The lowest BCUT2D eigenvalue weighted by Gasteiger charge is -2.13. The molecule has 3 aromatic rings. The third kappa shape index (κ3) is 4.18. The molecule has 2 aromatic heterocycles. The molecule has 25 heavy (non-hydrogen) atoms. The molecule has 0 aliphatic carbocycles. The van der Waals surface area contributed by atoms with Gasteiger partial charge in [0.15, 0.2) is 0 Å². The van der Waals surface area contributed by atoms with E-state index in [1.807, 2.05) is 0 Å². The first-order valence-corrected chi connectivity index (χ1v) is 7.96. The van der Waals surface area contributed by atoms with Crippen molar-refractivity contribution in [1.82, 2.24) is 9.97 Å². The number of pyridine rings is 2. The van der Waals surface area contributed by atoms with Gasteiger partial charge in [-0.3, -0.25) is 0 Å². The largest absolute Gasteiger partial charge is 0.439 e. The monoisotopic (exact) mass is 371 g/mol. The zero-order valence-corrected chi connectivity index (χ0v) is 14.5. The second-order valence-electron chi connectivity index (χ2n) is 5.01. The molecule has 0 fully saturated rings. The van der Waals surface area contributed by atoms with Crippen molar-refractivity contribution in [3.05, 3.63) is 70.0 Å². The van der Waals surface area contributed by atoms with Gasteiger partial charge in [0.1, 0.15) is 21.8 Å². The Balaban J connectivity index is 1.98. The van der Waals surface area contributed by atoms with Crippen LogP contribution in [0.5, 0.6) is 23.3 Å². The summed E-state index contributed by atoms with van der Waals surface area (Å²) in [5.74, 6) is 1.51. The average Bonchev–Trinajstić information content (AvgIpc) is 2.58. The Hall–Kier alpha value is -2.81. The maximum Gasteiger partial charge on any atom is 0.220 e. The van der Waals surface area contributed by atoms with Gasteiger partial charge in [-0.2, -0.15) is 5.26 Å². The zero-order valence-electron chi connectivity index (χ0n) is 13.0. The van der Waals surface area contributed by atoms with Crippen molar-refractivity contribution in [3.8, 4) is 29.3 Å². The molecule has 3 rings (SSSR count). The second kappa shape index (κ2) is 7.39. The summed E-state index contributed by atoms with van der Waals surface area (Å²) in [6.45, 7) is 1.81. The molecule has 0 spiro atoms. The highest BCUT2D eigenvalue weighted by atomic mass is 35.5. The summed E-state index contributed by atoms with van der Waals surface area (Å²) in [4.78, 5) is 8.16. The summed E-state index contributed by atoms with van der Waals surface area (Å²) in [5, 5.41) is 9.89. The number of hydrogen-bond donors (Lipinski definition) is 0. The summed E-state index contributed by atoms with van der Waals surface area (Å²) in [7, 11) is 0. The van der Waals surface area contributed by atoms with E-state index in [2.05, 4.69) is 16.0 Å². The molecule has 0 amide bonds. The lowest BCUT2D eigenvalue weighted by atomic mass is 10.1. The number of nitrogens with zero attached hydrogens (tertiary/aromatic N) is 3. The van der Waals surface area contributed by atoms with E-state index in [1.54, 1.807) is 55.5 Å². The first-order valence-electron chi connectivity index (χ1n) is 7.21. The molecule has 0 aliphatic heterocycles. The van der Waals surface area contributed by atoms with Gasteiger partial charge in [-0.25, -0.2) is 9.97 Å². The predicted molar refractivity (Wildman–Crippen MR) is 94.5 cm³/mol. The van der Waals surface area contributed by atoms with Gasteiger partial charge >= 0.3 is 0 Å². The maximum atomic E-state index is 9.26. The van der Waals surface area contributed by atoms with E-state index in [-0.39, 0.29) is 0 Å². The van der Waals surface area contributed by atoms with E-state index in [0.29, 0.717) is 44.7 Å². The Kier molecular flexibility index (Phi) is 5.03. The molecule has 0 aliphatic rings. The van der Waals surface area contributed by atoms with Gasteiger partial charge in [-0.1, -0.05) is 35.3 Å². The van der Waals surface area contributed by atoms with Crippen molar-refractivity contribution >= 4 is 23.2 Å². The van der Waals surface area contributed by atoms with Crippen LogP contribution in [-0.2, 0) is 0 Å². The SMILES string of the molecule is Cc1c(Oc2cccc(Cl)n2)cc(C#N)cc1Oc1cccc(Cl)n1. The van der Waals surface area contributed by atoms with E-state index in [9.17, 15) is 5.26 Å². The van der Waals surface area contributed by atoms with Crippen LogP contribution in [0.3, 0.4) is 0 Å². The van der Waals surface area contributed by atoms with Gasteiger partial charge in [0.2, 0.25) is 11.8 Å². The van der Waals surface area contributed by atoms with Crippen LogP contribution in [-0.4, -0.2) is 9.97 Å². The molecule has 1 aromatic carbocycles. The number of nitriles is 1. The van der Waals surface area contributed by atoms with E-state index in [0.717, 1.165) is 0 Å². The van der Waals surface area contributed by atoms with Crippen LogP contribution < -0.4 is 9.47 Å². The maximum absolute atomic E-state index is 9.26. The van der Waals surface area contributed by atoms with Crippen molar-refractivity contribution in [2.75, 3.05) is 0 Å². The van der Waals surface area contributed by atoms with Crippen molar-refractivity contribution < 1.29 is 9.47 Å². The third-order valence-corrected chi connectivity index (χ3v) is 3.67. The Morgan fingerprint density at radius 3 is 1.76 bits per heavy atom. The van der Waals surface area contributed by atoms with Gasteiger partial charge < -0.3 is 9.47 Å². The van der Waals surface area contributed by atoms with E-state index in [4.69, 9.17) is 32.7 Å². The van der Waals surface area contributed by atoms with Crippen LogP contribution in [0.4, 0.5) is 0 Å². The highest BCUT2D eigenvalue weighted by molar-refractivity contribution is 6.29. The fourth-order valence-electron chi connectivity index (χ4n) is 2.06. The third-order valence-electron chi connectivity index (χ3n) is 3.25. The number of hydrogen-bond acceptors (Lipinski definition) is 5. The number of halogens is 2. The molecule has 0 unspecified atom stereocenters. The zero-order chi connectivity index (χ0) is 17.8. The molecule has 0 saturated carbocycles. The summed E-state index contributed by atoms with van der Waals surface area (Å²) >= 11 is 11.7. The fourth-order valence-corrected chi connectivity index (χ4v) is 2.37. The second-order valence-corrected chi connectivity index (χ2v) is 5.79. The predicted octanol–water partition coefficient (Wildman–Crippen LogP) is 5.55. The summed E-state index contributed by atoms with van der Waals surface area (Å²) in [6.07, 6.45) is 0. The van der Waals surface area contributed by atoms with Gasteiger partial charge in [0.05, 0.1) is 11.6 Å². The first kappa shape index (κ1) is 17.0. The summed E-state index contributed by atoms with van der Waals surface area (Å²) in [5.41, 5.74) is 1.06. The van der Waals surface area contributed by atoms with Gasteiger partial charge in [0, 0.05) is 17.7 Å². The topological polar surface area (TPSA) is 68.0 Å². The lowest BCUT2D eigenvalue weighted by Crippen LogP contribution is -1.96. The summed E-state index contributed by atoms with van der Waals surface area (Å²) in [6, 6.07) is 15.4. The number of aromatic nitrogens is 2. The summed E-state index contributed by atoms with van der Waals surface area (Å²) < 4.78 is 11.5. The van der Waals surface area contributed by atoms with Gasteiger partial charge in [0.25, 0.3) is 0 Å². The Morgan fingerprint density at radius 1 is 0.880 bits per heavy atom. The molecule has 7 heteroatoms. The normalized spacial score (nSPS) is 10.2. The van der Waals surface area contributed by atoms with E-state index in [1.165, 1.54) is 0 Å². The molecule has 124 valence electrons. The standard InChI is InChI=1S/C18H11Cl2N3O2/c1-11-13(24-17-6-2-4-15(19)22-17)8-12(10-21)9-14(11)25-18-7-3-5-16(20)23-18/h2-9H,1H3. The fraction of sp³-hybridized carbons (Fsp3) is 0.0556. The van der Waals surface area contributed by atoms with Crippen molar-refractivity contribution in [2.24, 2.45) is 0 Å². The van der Waals surface area contributed by atoms with Gasteiger partial charge in [-0.15, -0.1) is 0 Å². The molecule has 0 radical (unpaired) electrons. The Morgan fingerprint density at radius 2 is 1.36 bits per heavy atom. The highest BCUT2D eigenvalue weighted by Gasteiger charge is 2.13. The van der Waals surface area contributed by atoms with Crippen molar-refractivity contribution in [1.29, 1.82) is 5.26 Å². The lowest BCUT2D eigenvalue weighted by molar-refractivity contribution is 0.435. The minimum absolute atomic E-state index is 0.311. The first-order chi connectivity index (χ1) is 12.0. The molecular weight excluding hydrogens is 361 g/mol. The quantitative estimate of drug-likeness (QED) is 0.562. The average molecular weight is 372 g/mol. The van der Waals surface area contributed by atoms with Crippen LogP contribution in [0.1, 0.15) is 11.1 Å². The number of rotatable bonds is 4. The van der Waals surface area contributed by atoms with Gasteiger partial charge in [-0.05, 0) is 31.2 Å². The number of benzene rings is 1. The van der Waals surface area contributed by atoms with Crippen LogP contribution >= 0.6 is 23.2 Å². The molecule has 5 nitrogen and oxygen atoms in total. The van der Waals surface area contributed by atoms with Crippen molar-refractivity contribution in [3.63, 3.8) is 0 Å². The molecule has 0 saturated heterocycles. The smallest absolute Gasteiger partial charge is 0.220 e. The number of ether oxygens (including phenoxy) is 2. The molecule has 0 N–H and O–H groups in total. The molecule has 2 heterocycles. The highest BCUT2D eigenvalue weighted by Crippen LogP contribution is 2.35. The minimum atomic E-state index is 0.311. The van der Waals surface area contributed by atoms with E-state index < -0.39 is 0 Å². The molecule has 0 bridgehead atoms. The Labute approximate surface area is 154 Å².